The average molecular weight is 243 g/mol. The van der Waals surface area contributed by atoms with Crippen molar-refractivity contribution in [3.05, 3.63) is 60.2 Å². The lowest BCUT2D eigenvalue weighted by Gasteiger charge is -2.07. The number of rotatable bonds is 4. The SMILES string of the molecule is O=C(NCOc1ccc(O)cc1)c1ccccc1. The van der Waals surface area contributed by atoms with Crippen LogP contribution in [0.3, 0.4) is 0 Å². The predicted octanol–water partition coefficient (Wildman–Crippen LogP) is 2.16. The van der Waals surface area contributed by atoms with Crippen molar-refractivity contribution in [2.75, 3.05) is 6.73 Å². The summed E-state index contributed by atoms with van der Waals surface area (Å²) in [6.45, 7) is 0.0818. The second-order valence-electron chi connectivity index (χ2n) is 3.65. The summed E-state index contributed by atoms with van der Waals surface area (Å²) in [4.78, 5) is 11.7. The molecule has 0 aliphatic rings. The normalized spacial score (nSPS) is 9.78. The molecule has 0 aliphatic heterocycles. The fourth-order valence-corrected chi connectivity index (χ4v) is 1.42. The van der Waals surface area contributed by atoms with Crippen LogP contribution in [0.1, 0.15) is 10.4 Å². The number of hydrogen-bond donors (Lipinski definition) is 2. The highest BCUT2D eigenvalue weighted by atomic mass is 16.5. The average Bonchev–Trinajstić information content (AvgIpc) is 2.42. The van der Waals surface area contributed by atoms with Crippen molar-refractivity contribution < 1.29 is 14.6 Å². The second-order valence-corrected chi connectivity index (χ2v) is 3.65. The van der Waals surface area contributed by atoms with Gasteiger partial charge in [0.05, 0.1) is 0 Å². The number of benzene rings is 2. The number of aromatic hydroxyl groups is 1. The van der Waals surface area contributed by atoms with Crippen LogP contribution in [0, 0.1) is 0 Å². The lowest BCUT2D eigenvalue weighted by molar-refractivity contribution is 0.0919. The minimum Gasteiger partial charge on any atom is -0.508 e. The fraction of sp³-hybridized carbons (Fsp3) is 0.0714. The van der Waals surface area contributed by atoms with Gasteiger partial charge in [0.1, 0.15) is 11.5 Å². The number of hydrogen-bond acceptors (Lipinski definition) is 3. The highest BCUT2D eigenvalue weighted by Crippen LogP contribution is 2.15. The molecule has 18 heavy (non-hydrogen) atoms. The summed E-state index contributed by atoms with van der Waals surface area (Å²) in [5.41, 5.74) is 0.590. The molecule has 4 nitrogen and oxygen atoms in total. The van der Waals surface area contributed by atoms with Gasteiger partial charge in [-0.15, -0.1) is 0 Å². The first-order chi connectivity index (χ1) is 8.75. The first-order valence-electron chi connectivity index (χ1n) is 5.51. The van der Waals surface area contributed by atoms with Gasteiger partial charge in [-0.3, -0.25) is 4.79 Å². The molecule has 0 atom stereocenters. The first kappa shape index (κ1) is 12.0. The molecule has 0 heterocycles. The van der Waals surface area contributed by atoms with Crippen LogP contribution in [0.15, 0.2) is 54.6 Å². The topological polar surface area (TPSA) is 58.6 Å². The van der Waals surface area contributed by atoms with E-state index in [0.717, 1.165) is 0 Å². The summed E-state index contributed by atoms with van der Waals surface area (Å²) in [5.74, 6) is 0.575. The third kappa shape index (κ3) is 3.25. The van der Waals surface area contributed by atoms with Crippen LogP contribution in [-0.2, 0) is 0 Å². The van der Waals surface area contributed by atoms with E-state index in [1.165, 1.54) is 12.1 Å². The van der Waals surface area contributed by atoms with E-state index in [9.17, 15) is 4.79 Å². The molecule has 2 aromatic rings. The number of phenols is 1. The van der Waals surface area contributed by atoms with Gasteiger partial charge >= 0.3 is 0 Å². The smallest absolute Gasteiger partial charge is 0.253 e. The van der Waals surface area contributed by atoms with Crippen LogP contribution in [-0.4, -0.2) is 17.7 Å². The molecule has 0 spiro atoms. The Kier molecular flexibility index (Phi) is 3.81. The number of phenolic OH excluding ortho intramolecular Hbond substituents is 1. The van der Waals surface area contributed by atoms with Gasteiger partial charge in [-0.2, -0.15) is 0 Å². The number of ether oxygens (including phenoxy) is 1. The largest absolute Gasteiger partial charge is 0.508 e. The Morgan fingerprint density at radius 2 is 1.72 bits per heavy atom. The molecular weight excluding hydrogens is 230 g/mol. The number of carbonyl (C=O) groups is 1. The van der Waals surface area contributed by atoms with Gasteiger partial charge in [0.15, 0.2) is 6.73 Å². The van der Waals surface area contributed by atoms with Gasteiger partial charge < -0.3 is 15.2 Å². The van der Waals surface area contributed by atoms with Crippen molar-refractivity contribution in [2.45, 2.75) is 0 Å². The van der Waals surface area contributed by atoms with Crippen LogP contribution >= 0.6 is 0 Å². The van der Waals surface area contributed by atoms with Gasteiger partial charge in [-0.05, 0) is 36.4 Å². The maximum absolute atomic E-state index is 11.7. The number of nitrogens with one attached hydrogen (secondary N) is 1. The molecular formula is C14H13NO3. The number of amides is 1. The Hall–Kier alpha value is -2.49. The van der Waals surface area contributed by atoms with Crippen molar-refractivity contribution in [1.29, 1.82) is 0 Å². The molecule has 0 saturated heterocycles. The molecule has 2 aromatic carbocycles. The summed E-state index contributed by atoms with van der Waals surface area (Å²) in [5, 5.41) is 11.7. The van der Waals surface area contributed by atoms with Crippen LogP contribution in [0.5, 0.6) is 11.5 Å². The van der Waals surface area contributed by atoms with Crippen LogP contribution in [0.25, 0.3) is 0 Å². The molecule has 0 unspecified atom stereocenters. The molecule has 2 N–H and O–H groups in total. The van der Waals surface area contributed by atoms with E-state index < -0.39 is 0 Å². The van der Waals surface area contributed by atoms with Gasteiger partial charge in [0, 0.05) is 5.56 Å². The van der Waals surface area contributed by atoms with E-state index >= 15 is 0 Å². The van der Waals surface area contributed by atoms with Crippen LogP contribution in [0.4, 0.5) is 0 Å². The highest BCUT2D eigenvalue weighted by Gasteiger charge is 2.03. The van der Waals surface area contributed by atoms with Gasteiger partial charge in [-0.1, -0.05) is 18.2 Å². The van der Waals surface area contributed by atoms with Crippen LogP contribution in [0.2, 0.25) is 0 Å². The zero-order valence-electron chi connectivity index (χ0n) is 9.67. The minimum atomic E-state index is -0.186. The highest BCUT2D eigenvalue weighted by molar-refractivity contribution is 5.93. The summed E-state index contributed by atoms with van der Waals surface area (Å²) in [7, 11) is 0. The molecule has 4 heteroatoms. The van der Waals surface area contributed by atoms with E-state index in [1.54, 1.807) is 36.4 Å². The Morgan fingerprint density at radius 3 is 2.39 bits per heavy atom. The Morgan fingerprint density at radius 1 is 1.06 bits per heavy atom. The Labute approximate surface area is 105 Å². The van der Waals surface area contributed by atoms with E-state index in [1.807, 2.05) is 6.07 Å². The predicted molar refractivity (Wildman–Crippen MR) is 67.5 cm³/mol. The maximum atomic E-state index is 11.7. The molecule has 2 rings (SSSR count). The molecule has 0 saturated carbocycles. The molecule has 0 aromatic heterocycles. The molecule has 0 bridgehead atoms. The van der Waals surface area contributed by atoms with Crippen molar-refractivity contribution in [1.82, 2.24) is 5.32 Å². The number of carbonyl (C=O) groups excluding carboxylic acids is 1. The monoisotopic (exact) mass is 243 g/mol. The van der Waals surface area contributed by atoms with Crippen molar-refractivity contribution in [3.63, 3.8) is 0 Å². The minimum absolute atomic E-state index is 0.0818. The van der Waals surface area contributed by atoms with Crippen LogP contribution < -0.4 is 10.1 Å². The summed E-state index contributed by atoms with van der Waals surface area (Å²) >= 11 is 0. The van der Waals surface area contributed by atoms with Crippen molar-refractivity contribution in [3.8, 4) is 11.5 Å². The summed E-state index contributed by atoms with van der Waals surface area (Å²) < 4.78 is 5.31. The van der Waals surface area contributed by atoms with Crippen molar-refractivity contribution in [2.24, 2.45) is 0 Å². The summed E-state index contributed by atoms with van der Waals surface area (Å²) in [6, 6.07) is 15.2. The lowest BCUT2D eigenvalue weighted by Crippen LogP contribution is -2.27. The standard InChI is InChI=1S/C14H13NO3/c16-12-6-8-13(9-7-12)18-10-15-14(17)11-4-2-1-3-5-11/h1-9,16H,10H2,(H,15,17). The van der Waals surface area contributed by atoms with E-state index in [4.69, 9.17) is 9.84 Å². The van der Waals surface area contributed by atoms with Gasteiger partial charge in [-0.25, -0.2) is 0 Å². The van der Waals surface area contributed by atoms with Gasteiger partial charge in [0.2, 0.25) is 0 Å². The van der Waals surface area contributed by atoms with E-state index in [2.05, 4.69) is 5.32 Å². The van der Waals surface area contributed by atoms with Crippen molar-refractivity contribution >= 4 is 5.91 Å². The zero-order chi connectivity index (χ0) is 12.8. The molecule has 1 amide bonds. The lowest BCUT2D eigenvalue weighted by atomic mass is 10.2. The Balaban J connectivity index is 1.82. The Bertz CT molecular complexity index is 508. The molecule has 92 valence electrons. The first-order valence-corrected chi connectivity index (χ1v) is 5.51. The zero-order valence-corrected chi connectivity index (χ0v) is 9.67. The van der Waals surface area contributed by atoms with E-state index in [-0.39, 0.29) is 18.4 Å². The molecule has 0 radical (unpaired) electrons. The third-order valence-electron chi connectivity index (χ3n) is 2.34. The molecule has 0 fully saturated rings. The molecule has 0 aliphatic carbocycles. The van der Waals surface area contributed by atoms with E-state index in [0.29, 0.717) is 11.3 Å². The third-order valence-corrected chi connectivity index (χ3v) is 2.34. The van der Waals surface area contributed by atoms with Gasteiger partial charge in [0.25, 0.3) is 5.91 Å². The summed E-state index contributed by atoms with van der Waals surface area (Å²) in [6.07, 6.45) is 0. The fourth-order valence-electron chi connectivity index (χ4n) is 1.42. The second kappa shape index (κ2) is 5.72. The quantitative estimate of drug-likeness (QED) is 0.809. The maximum Gasteiger partial charge on any atom is 0.253 e.